The normalized spacial score (nSPS) is 24.4. The summed E-state index contributed by atoms with van der Waals surface area (Å²) in [4.78, 5) is 25.2. The van der Waals surface area contributed by atoms with Crippen molar-refractivity contribution in [3.8, 4) is 11.5 Å². The number of hydrogen-bond donors (Lipinski definition) is 2. The van der Waals surface area contributed by atoms with E-state index >= 15 is 0 Å². The zero-order valence-electron chi connectivity index (χ0n) is 20.0. The number of fused-ring (bicyclic) bond motifs is 2. The highest BCUT2D eigenvalue weighted by molar-refractivity contribution is 6.35. The molecular formula is C26H28Cl3NO5. The van der Waals surface area contributed by atoms with Crippen LogP contribution in [0.4, 0.5) is 5.69 Å². The Hall–Kier alpha value is -2.15. The number of hydrogen-bond acceptors (Lipinski definition) is 6. The molecule has 0 aromatic heterocycles. The van der Waals surface area contributed by atoms with Gasteiger partial charge in [0.25, 0.3) is 0 Å². The van der Waals surface area contributed by atoms with Crippen LogP contribution in [0.15, 0.2) is 18.2 Å². The van der Waals surface area contributed by atoms with E-state index in [0.717, 1.165) is 19.3 Å². The van der Waals surface area contributed by atoms with Gasteiger partial charge in [-0.1, -0.05) is 55.6 Å². The lowest BCUT2D eigenvalue weighted by Gasteiger charge is -2.38. The summed E-state index contributed by atoms with van der Waals surface area (Å²) in [5.41, 5.74) is 6.97. The maximum absolute atomic E-state index is 13.3. The number of carbonyl (C=O) groups excluding carboxylic acids is 2. The number of phenolic OH excluding ortho intramolecular Hbond substituents is 1. The number of phenols is 1. The third-order valence-corrected chi connectivity index (χ3v) is 9.12. The molecule has 3 N–H and O–H groups in total. The topological polar surface area (TPSA) is 98.9 Å². The van der Waals surface area contributed by atoms with Crippen LogP contribution >= 0.6 is 34.8 Å². The van der Waals surface area contributed by atoms with Crippen molar-refractivity contribution in [1.29, 1.82) is 0 Å². The maximum atomic E-state index is 13.3. The molecule has 0 spiro atoms. The van der Waals surface area contributed by atoms with Gasteiger partial charge in [0.1, 0.15) is 17.4 Å². The molecule has 3 atom stereocenters. The molecule has 2 aromatic carbocycles. The van der Waals surface area contributed by atoms with Gasteiger partial charge in [0.05, 0.1) is 10.7 Å². The molecule has 6 nitrogen and oxygen atoms in total. The number of esters is 2. The molecule has 0 amide bonds. The first-order valence-corrected chi connectivity index (χ1v) is 12.6. The summed E-state index contributed by atoms with van der Waals surface area (Å²) in [6, 6.07) is 4.33. The Kier molecular flexibility index (Phi) is 6.71. The maximum Gasteiger partial charge on any atom is 0.342 e. The van der Waals surface area contributed by atoms with E-state index in [2.05, 4.69) is 20.8 Å². The van der Waals surface area contributed by atoms with Gasteiger partial charge in [-0.15, -0.1) is 0 Å². The van der Waals surface area contributed by atoms with Crippen LogP contribution in [0.5, 0.6) is 11.5 Å². The van der Waals surface area contributed by atoms with Crippen LogP contribution < -0.4 is 10.5 Å². The second-order valence-electron chi connectivity index (χ2n) is 10.3. The highest BCUT2D eigenvalue weighted by Gasteiger charge is 2.63. The second kappa shape index (κ2) is 9.06. The number of nitrogen functional groups attached to an aromatic ring is 1. The molecule has 2 aliphatic carbocycles. The lowest BCUT2D eigenvalue weighted by Crippen LogP contribution is -2.38. The summed E-state index contributed by atoms with van der Waals surface area (Å²) in [6.07, 6.45) is 2.65. The molecule has 2 aromatic rings. The van der Waals surface area contributed by atoms with Gasteiger partial charge in [-0.2, -0.15) is 0 Å². The standard InChI is InChI=1S/C26H28Cl3NO5/c1-12(31)34-23-17(24(33)35-20-9-14-5-6-26(20,4)25(14,2)3)11-18(28)16(21(23)30)8-13-7-15(27)10-19(29)22(13)32/h7,10-11,14,20,32H,5-6,8-9,30H2,1-4H3. The van der Waals surface area contributed by atoms with E-state index in [1.807, 2.05) is 0 Å². The highest BCUT2D eigenvalue weighted by atomic mass is 35.5. The molecule has 3 unspecified atom stereocenters. The van der Waals surface area contributed by atoms with Crippen molar-refractivity contribution in [2.75, 3.05) is 5.73 Å². The lowest BCUT2D eigenvalue weighted by molar-refractivity contribution is -0.131. The smallest absolute Gasteiger partial charge is 0.342 e. The van der Waals surface area contributed by atoms with Crippen LogP contribution in [-0.2, 0) is 16.0 Å². The molecule has 4 rings (SSSR count). The number of rotatable bonds is 5. The monoisotopic (exact) mass is 539 g/mol. The van der Waals surface area contributed by atoms with Gasteiger partial charge in [0.2, 0.25) is 0 Å². The zero-order valence-corrected chi connectivity index (χ0v) is 22.3. The van der Waals surface area contributed by atoms with Crippen molar-refractivity contribution in [1.82, 2.24) is 0 Å². The fraction of sp³-hybridized carbons (Fsp3) is 0.462. The number of nitrogens with two attached hydrogens (primary N) is 1. The largest absolute Gasteiger partial charge is 0.506 e. The Morgan fingerprint density at radius 2 is 1.83 bits per heavy atom. The summed E-state index contributed by atoms with van der Waals surface area (Å²) in [5, 5.41) is 10.9. The van der Waals surface area contributed by atoms with Crippen molar-refractivity contribution in [3.05, 3.63) is 50.0 Å². The van der Waals surface area contributed by atoms with Crippen molar-refractivity contribution in [2.24, 2.45) is 16.7 Å². The van der Waals surface area contributed by atoms with E-state index in [0.29, 0.717) is 22.1 Å². The predicted octanol–water partition coefficient (Wildman–Crippen LogP) is 6.82. The third-order valence-electron chi connectivity index (χ3n) is 8.28. The van der Waals surface area contributed by atoms with Crippen LogP contribution in [0.3, 0.4) is 0 Å². The van der Waals surface area contributed by atoms with Crippen molar-refractivity contribution < 1.29 is 24.2 Å². The zero-order chi connectivity index (χ0) is 25.9. The van der Waals surface area contributed by atoms with Gasteiger partial charge in [-0.25, -0.2) is 4.79 Å². The highest BCUT2D eigenvalue weighted by Crippen LogP contribution is 2.66. The summed E-state index contributed by atoms with van der Waals surface area (Å²) >= 11 is 18.7. The van der Waals surface area contributed by atoms with E-state index in [1.165, 1.54) is 25.1 Å². The number of benzene rings is 2. The number of anilines is 1. The summed E-state index contributed by atoms with van der Waals surface area (Å²) in [7, 11) is 0. The number of carbonyl (C=O) groups is 2. The minimum atomic E-state index is -0.652. The molecule has 2 fully saturated rings. The van der Waals surface area contributed by atoms with E-state index in [4.69, 9.17) is 50.0 Å². The first kappa shape index (κ1) is 25.9. The minimum Gasteiger partial charge on any atom is -0.506 e. The molecule has 9 heteroatoms. The van der Waals surface area contributed by atoms with Crippen LogP contribution in [0, 0.1) is 16.7 Å². The van der Waals surface area contributed by atoms with E-state index in [9.17, 15) is 14.7 Å². The van der Waals surface area contributed by atoms with Crippen LogP contribution in [0.1, 0.15) is 68.4 Å². The average Bonchev–Trinajstić information content (AvgIpc) is 3.09. The van der Waals surface area contributed by atoms with Gasteiger partial charge in [0, 0.05) is 39.9 Å². The van der Waals surface area contributed by atoms with E-state index < -0.39 is 11.9 Å². The lowest BCUT2D eigenvalue weighted by atomic mass is 9.70. The number of ether oxygens (including phenoxy) is 2. The molecular weight excluding hydrogens is 513 g/mol. The van der Waals surface area contributed by atoms with Crippen LogP contribution in [0.25, 0.3) is 0 Å². The Bertz CT molecular complexity index is 1230. The molecule has 2 bridgehead atoms. The van der Waals surface area contributed by atoms with Crippen LogP contribution in [0.2, 0.25) is 15.1 Å². The molecule has 0 radical (unpaired) electrons. The van der Waals surface area contributed by atoms with Crippen molar-refractivity contribution >= 4 is 52.4 Å². The minimum absolute atomic E-state index is 0.00497. The molecule has 2 saturated carbocycles. The van der Waals surface area contributed by atoms with Gasteiger partial charge in [0.15, 0.2) is 5.75 Å². The average molecular weight is 541 g/mol. The molecule has 2 aliphatic rings. The van der Waals surface area contributed by atoms with Gasteiger partial charge < -0.3 is 20.3 Å². The Balaban J connectivity index is 1.71. The number of halogens is 3. The number of aromatic hydroxyl groups is 1. The Labute approximate surface area is 219 Å². The van der Waals surface area contributed by atoms with Gasteiger partial charge in [-0.3, -0.25) is 4.79 Å². The van der Waals surface area contributed by atoms with Crippen LogP contribution in [-0.4, -0.2) is 23.1 Å². The Morgan fingerprint density at radius 1 is 1.14 bits per heavy atom. The van der Waals surface area contributed by atoms with Gasteiger partial charge >= 0.3 is 11.9 Å². The fourth-order valence-corrected chi connectivity index (χ4v) is 6.53. The Morgan fingerprint density at radius 3 is 2.40 bits per heavy atom. The first-order valence-electron chi connectivity index (χ1n) is 11.4. The van der Waals surface area contributed by atoms with Gasteiger partial charge in [-0.05, 0) is 48.8 Å². The molecule has 188 valence electrons. The molecule has 0 saturated heterocycles. The summed E-state index contributed by atoms with van der Waals surface area (Å²) in [5.74, 6) is -1.12. The third kappa shape index (κ3) is 4.34. The summed E-state index contributed by atoms with van der Waals surface area (Å²) in [6.45, 7) is 7.83. The molecule has 0 aliphatic heterocycles. The van der Waals surface area contributed by atoms with Crippen molar-refractivity contribution in [2.45, 2.75) is 59.5 Å². The first-order chi connectivity index (χ1) is 16.3. The summed E-state index contributed by atoms with van der Waals surface area (Å²) < 4.78 is 11.4. The van der Waals surface area contributed by atoms with E-state index in [-0.39, 0.29) is 56.1 Å². The predicted molar refractivity (Wildman–Crippen MR) is 137 cm³/mol. The molecule has 0 heterocycles. The van der Waals surface area contributed by atoms with E-state index in [1.54, 1.807) is 0 Å². The van der Waals surface area contributed by atoms with Crippen molar-refractivity contribution in [3.63, 3.8) is 0 Å². The fourth-order valence-electron chi connectivity index (χ4n) is 5.72. The second-order valence-corrected chi connectivity index (χ2v) is 11.5. The SMILES string of the molecule is CC(=O)Oc1c(C(=O)OC2CC3CCC2(C)C3(C)C)cc(Cl)c(Cc2cc(Cl)cc(Cl)c2O)c1N. The quantitative estimate of drug-likeness (QED) is 0.245. The molecule has 35 heavy (non-hydrogen) atoms.